The Kier molecular flexibility index (Phi) is 7.63. The third kappa shape index (κ3) is 4.71. The molecule has 3 aromatic carbocycles. The number of hydrogen-bond acceptors (Lipinski definition) is 2. The van der Waals surface area contributed by atoms with E-state index in [9.17, 15) is 8.78 Å². The molecule has 0 unspecified atom stereocenters. The molecule has 5 heteroatoms. The van der Waals surface area contributed by atoms with Crippen LogP contribution in [0, 0.1) is 18.6 Å². The number of fused-ring (bicyclic) bond motifs is 1. The van der Waals surface area contributed by atoms with Gasteiger partial charge in [0, 0.05) is 42.0 Å². The molecule has 5 rings (SSSR count). The number of rotatable bonds is 5. The standard InChI is InChI=1S/C27H25F2NO2.C2H6/c1-18-26-24(8-5-9-25(26)32-17-19-6-3-2-4-7-19)30(21-10-11-22(28)23(29)16-21)27(18)20-12-14-31-15-13-20;1-2/h2-11,16,20H,12-15,17H2,1H3;1-2H3. The number of benzene rings is 3. The van der Waals surface area contributed by atoms with Gasteiger partial charge in [0.1, 0.15) is 12.4 Å². The Hall–Kier alpha value is -3.18. The van der Waals surface area contributed by atoms with E-state index in [4.69, 9.17) is 9.47 Å². The lowest BCUT2D eigenvalue weighted by molar-refractivity contribution is 0.0841. The summed E-state index contributed by atoms with van der Waals surface area (Å²) in [4.78, 5) is 0. The summed E-state index contributed by atoms with van der Waals surface area (Å²) in [6.45, 7) is 7.95. The van der Waals surface area contributed by atoms with Crippen molar-refractivity contribution in [1.29, 1.82) is 0 Å². The van der Waals surface area contributed by atoms with Crippen molar-refractivity contribution < 1.29 is 18.3 Å². The Balaban J connectivity index is 0.00000133. The summed E-state index contributed by atoms with van der Waals surface area (Å²) in [7, 11) is 0. The molecule has 0 bridgehead atoms. The molecule has 0 atom stereocenters. The molecule has 0 radical (unpaired) electrons. The first-order valence-corrected chi connectivity index (χ1v) is 12.0. The Morgan fingerprint density at radius 3 is 2.35 bits per heavy atom. The van der Waals surface area contributed by atoms with Gasteiger partial charge in [0.15, 0.2) is 11.6 Å². The molecule has 1 aliphatic rings. The van der Waals surface area contributed by atoms with Crippen molar-refractivity contribution in [3.05, 3.63) is 95.2 Å². The lowest BCUT2D eigenvalue weighted by atomic mass is 9.93. The zero-order chi connectivity index (χ0) is 24.1. The van der Waals surface area contributed by atoms with E-state index in [0.29, 0.717) is 25.5 Å². The summed E-state index contributed by atoms with van der Waals surface area (Å²) < 4.78 is 41.8. The first-order chi connectivity index (χ1) is 16.6. The highest BCUT2D eigenvalue weighted by atomic mass is 19.2. The van der Waals surface area contributed by atoms with Gasteiger partial charge in [-0.2, -0.15) is 0 Å². The van der Waals surface area contributed by atoms with Crippen LogP contribution in [0.1, 0.15) is 49.4 Å². The molecule has 178 valence electrons. The van der Waals surface area contributed by atoms with Crippen molar-refractivity contribution in [3.63, 3.8) is 0 Å². The highest BCUT2D eigenvalue weighted by Crippen LogP contribution is 2.41. The summed E-state index contributed by atoms with van der Waals surface area (Å²) in [6, 6.07) is 20.1. The summed E-state index contributed by atoms with van der Waals surface area (Å²) >= 11 is 0. The lowest BCUT2D eigenvalue weighted by Gasteiger charge is -2.25. The first-order valence-electron chi connectivity index (χ1n) is 12.0. The molecule has 1 saturated heterocycles. The summed E-state index contributed by atoms with van der Waals surface area (Å²) in [5.74, 6) is -0.637. The number of hydrogen-bond donors (Lipinski definition) is 0. The highest BCUT2D eigenvalue weighted by Gasteiger charge is 2.27. The van der Waals surface area contributed by atoms with Gasteiger partial charge in [-0.25, -0.2) is 8.78 Å². The number of aryl methyl sites for hydroxylation is 1. The van der Waals surface area contributed by atoms with Gasteiger partial charge in [-0.1, -0.05) is 50.2 Å². The average molecular weight is 464 g/mol. The lowest BCUT2D eigenvalue weighted by Crippen LogP contribution is -2.17. The third-order valence-corrected chi connectivity index (χ3v) is 6.25. The van der Waals surface area contributed by atoms with Crippen LogP contribution in [-0.4, -0.2) is 17.8 Å². The molecule has 1 fully saturated rings. The Labute approximate surface area is 199 Å². The number of nitrogens with zero attached hydrogens (tertiary/aromatic N) is 1. The molecule has 34 heavy (non-hydrogen) atoms. The van der Waals surface area contributed by atoms with E-state index in [0.717, 1.165) is 46.3 Å². The second kappa shape index (κ2) is 10.8. The molecule has 0 amide bonds. The molecular weight excluding hydrogens is 432 g/mol. The third-order valence-electron chi connectivity index (χ3n) is 6.25. The minimum Gasteiger partial charge on any atom is -0.488 e. The van der Waals surface area contributed by atoms with Gasteiger partial charge >= 0.3 is 0 Å². The Morgan fingerprint density at radius 2 is 1.65 bits per heavy atom. The van der Waals surface area contributed by atoms with Crippen molar-refractivity contribution in [2.75, 3.05) is 13.2 Å². The van der Waals surface area contributed by atoms with Crippen molar-refractivity contribution in [1.82, 2.24) is 4.57 Å². The van der Waals surface area contributed by atoms with Crippen LogP contribution >= 0.6 is 0 Å². The SMILES string of the molecule is CC.Cc1c(C2CCOCC2)n(-c2ccc(F)c(F)c2)c2cccc(OCc3ccccc3)c12. The van der Waals surface area contributed by atoms with Crippen LogP contribution in [0.25, 0.3) is 16.6 Å². The second-order valence-electron chi connectivity index (χ2n) is 8.26. The van der Waals surface area contributed by atoms with E-state index in [1.54, 1.807) is 6.07 Å². The van der Waals surface area contributed by atoms with Crippen LogP contribution in [0.5, 0.6) is 5.75 Å². The van der Waals surface area contributed by atoms with Crippen LogP contribution in [0.2, 0.25) is 0 Å². The monoisotopic (exact) mass is 463 g/mol. The largest absolute Gasteiger partial charge is 0.488 e. The predicted molar refractivity (Wildman–Crippen MR) is 133 cm³/mol. The van der Waals surface area contributed by atoms with E-state index in [-0.39, 0.29) is 5.92 Å². The van der Waals surface area contributed by atoms with Crippen LogP contribution < -0.4 is 4.74 Å². The van der Waals surface area contributed by atoms with E-state index in [1.807, 2.05) is 62.4 Å². The normalized spacial score (nSPS) is 14.0. The molecule has 0 spiro atoms. The smallest absolute Gasteiger partial charge is 0.160 e. The van der Waals surface area contributed by atoms with E-state index in [1.165, 1.54) is 12.1 Å². The minimum atomic E-state index is -0.851. The van der Waals surface area contributed by atoms with Crippen LogP contribution in [0.15, 0.2) is 66.7 Å². The quantitative estimate of drug-likeness (QED) is 0.302. The van der Waals surface area contributed by atoms with Crippen LogP contribution in [0.4, 0.5) is 8.78 Å². The van der Waals surface area contributed by atoms with Gasteiger partial charge in [-0.15, -0.1) is 0 Å². The molecule has 3 nitrogen and oxygen atoms in total. The van der Waals surface area contributed by atoms with E-state index < -0.39 is 11.6 Å². The molecule has 0 aliphatic carbocycles. The van der Waals surface area contributed by atoms with Crippen LogP contribution in [0.3, 0.4) is 0 Å². The predicted octanol–water partition coefficient (Wildman–Crippen LogP) is 7.72. The Bertz CT molecular complexity index is 1240. The molecular formula is C29H31F2NO2. The van der Waals surface area contributed by atoms with Gasteiger partial charge in [0.05, 0.1) is 5.52 Å². The average Bonchev–Trinajstić information content (AvgIpc) is 3.19. The van der Waals surface area contributed by atoms with Crippen molar-refractivity contribution in [2.24, 2.45) is 0 Å². The molecule has 2 heterocycles. The van der Waals surface area contributed by atoms with Gasteiger partial charge in [-0.05, 0) is 55.2 Å². The molecule has 4 aromatic rings. The Morgan fingerprint density at radius 1 is 0.912 bits per heavy atom. The molecule has 0 N–H and O–H groups in total. The maximum atomic E-state index is 14.2. The minimum absolute atomic E-state index is 0.270. The number of ether oxygens (including phenoxy) is 2. The van der Waals surface area contributed by atoms with Crippen molar-refractivity contribution >= 4 is 10.9 Å². The maximum Gasteiger partial charge on any atom is 0.160 e. The van der Waals surface area contributed by atoms with Crippen LogP contribution in [-0.2, 0) is 11.3 Å². The van der Waals surface area contributed by atoms with E-state index in [2.05, 4.69) is 11.5 Å². The van der Waals surface area contributed by atoms with E-state index >= 15 is 0 Å². The van der Waals surface area contributed by atoms with Crippen molar-refractivity contribution in [3.8, 4) is 11.4 Å². The fraction of sp³-hybridized carbons (Fsp3) is 0.310. The topological polar surface area (TPSA) is 23.4 Å². The summed E-state index contributed by atoms with van der Waals surface area (Å²) in [6.07, 6.45) is 1.78. The maximum absolute atomic E-state index is 14.2. The zero-order valence-electron chi connectivity index (χ0n) is 20.0. The summed E-state index contributed by atoms with van der Waals surface area (Å²) in [5.41, 5.74) is 4.86. The highest BCUT2D eigenvalue weighted by molar-refractivity contribution is 5.92. The molecule has 0 saturated carbocycles. The first kappa shape index (κ1) is 24.0. The van der Waals surface area contributed by atoms with Gasteiger partial charge < -0.3 is 14.0 Å². The fourth-order valence-electron chi connectivity index (χ4n) is 4.73. The fourth-order valence-corrected chi connectivity index (χ4v) is 4.73. The number of aromatic nitrogens is 1. The number of halogens is 2. The zero-order valence-corrected chi connectivity index (χ0v) is 20.0. The van der Waals surface area contributed by atoms with Gasteiger partial charge in [0.2, 0.25) is 0 Å². The molecule has 1 aromatic heterocycles. The summed E-state index contributed by atoms with van der Waals surface area (Å²) in [5, 5.41) is 1.01. The van der Waals surface area contributed by atoms with Gasteiger partial charge in [0.25, 0.3) is 0 Å². The van der Waals surface area contributed by atoms with Crippen molar-refractivity contribution in [2.45, 2.75) is 46.1 Å². The molecule has 1 aliphatic heterocycles. The second-order valence-corrected chi connectivity index (χ2v) is 8.26. The van der Waals surface area contributed by atoms with Gasteiger partial charge in [-0.3, -0.25) is 0 Å².